The Morgan fingerprint density at radius 3 is 2.57 bits per heavy atom. The summed E-state index contributed by atoms with van der Waals surface area (Å²) in [6.07, 6.45) is 0.0753. The van der Waals surface area contributed by atoms with Crippen molar-refractivity contribution in [3.05, 3.63) is 60.0 Å². The second-order valence-electron chi connectivity index (χ2n) is 7.13. The van der Waals surface area contributed by atoms with Gasteiger partial charge in [0.2, 0.25) is 6.79 Å². The first-order valence-electron chi connectivity index (χ1n) is 9.52. The highest BCUT2D eigenvalue weighted by atomic mass is 19.4. The number of hydrogen-bond acceptors (Lipinski definition) is 6. The number of aromatic nitrogens is 3. The summed E-state index contributed by atoms with van der Waals surface area (Å²) >= 11 is 0. The van der Waals surface area contributed by atoms with Crippen LogP contribution in [-0.2, 0) is 6.18 Å². The summed E-state index contributed by atoms with van der Waals surface area (Å²) < 4.78 is 51.5. The van der Waals surface area contributed by atoms with Gasteiger partial charge >= 0.3 is 6.18 Å². The predicted molar refractivity (Wildman–Crippen MR) is 102 cm³/mol. The minimum atomic E-state index is -4.58. The third-order valence-corrected chi connectivity index (χ3v) is 5.27. The van der Waals surface area contributed by atoms with E-state index in [-0.39, 0.29) is 24.5 Å². The monoisotopic (exact) mass is 414 g/mol. The summed E-state index contributed by atoms with van der Waals surface area (Å²) in [5.41, 5.74) is 0.473. The Labute approximate surface area is 170 Å². The van der Waals surface area contributed by atoms with Crippen LogP contribution in [0.1, 0.15) is 30.1 Å². The molecule has 1 unspecified atom stereocenters. The lowest BCUT2D eigenvalue weighted by Crippen LogP contribution is -2.25. The number of nitrogens with zero attached hydrogens (tertiary/aromatic N) is 4. The molecular weight excluding hydrogens is 397 g/mol. The Morgan fingerprint density at radius 1 is 0.967 bits per heavy atom. The molecule has 4 heterocycles. The second kappa shape index (κ2) is 7.16. The molecule has 154 valence electrons. The van der Waals surface area contributed by atoms with Crippen LogP contribution in [0.2, 0.25) is 0 Å². The van der Waals surface area contributed by atoms with Gasteiger partial charge in [0.1, 0.15) is 5.82 Å². The van der Waals surface area contributed by atoms with E-state index in [0.717, 1.165) is 24.5 Å². The first kappa shape index (κ1) is 18.7. The van der Waals surface area contributed by atoms with Crippen LogP contribution < -0.4 is 14.4 Å². The number of halogens is 3. The van der Waals surface area contributed by atoms with Crippen molar-refractivity contribution in [3.63, 3.8) is 0 Å². The van der Waals surface area contributed by atoms with E-state index in [9.17, 15) is 13.2 Å². The van der Waals surface area contributed by atoms with Crippen molar-refractivity contribution < 1.29 is 22.6 Å². The standard InChI is InChI=1S/C21H17F3N4O2/c22-21(23,24)18-11-19(27-20(26-18)13-5-7-25-8-6-13)28-9-1-2-15(28)14-3-4-16-17(10-14)30-12-29-16/h3-8,10-11,15H,1-2,9,12H2. The van der Waals surface area contributed by atoms with Crippen molar-refractivity contribution in [2.75, 3.05) is 18.2 Å². The molecule has 0 aliphatic carbocycles. The van der Waals surface area contributed by atoms with E-state index in [4.69, 9.17) is 9.47 Å². The lowest BCUT2D eigenvalue weighted by Gasteiger charge is -2.27. The van der Waals surface area contributed by atoms with Crippen molar-refractivity contribution in [2.24, 2.45) is 0 Å². The maximum Gasteiger partial charge on any atom is 0.433 e. The number of pyridine rings is 1. The third-order valence-electron chi connectivity index (χ3n) is 5.27. The Morgan fingerprint density at radius 2 is 1.77 bits per heavy atom. The van der Waals surface area contributed by atoms with Crippen molar-refractivity contribution in [2.45, 2.75) is 25.1 Å². The zero-order chi connectivity index (χ0) is 20.7. The van der Waals surface area contributed by atoms with E-state index >= 15 is 0 Å². The predicted octanol–water partition coefficient (Wildman–Crippen LogP) is 4.63. The summed E-state index contributed by atoms with van der Waals surface area (Å²) in [6, 6.07) is 9.75. The van der Waals surface area contributed by atoms with E-state index in [1.165, 1.54) is 12.4 Å². The Bertz CT molecular complexity index is 1080. The lowest BCUT2D eigenvalue weighted by molar-refractivity contribution is -0.141. The quantitative estimate of drug-likeness (QED) is 0.623. The maximum absolute atomic E-state index is 13.6. The molecule has 2 aliphatic heterocycles. The number of ether oxygens (including phenoxy) is 2. The van der Waals surface area contributed by atoms with Gasteiger partial charge in [-0.05, 0) is 42.7 Å². The molecule has 30 heavy (non-hydrogen) atoms. The van der Waals surface area contributed by atoms with Gasteiger partial charge in [-0.1, -0.05) is 6.07 Å². The summed E-state index contributed by atoms with van der Waals surface area (Å²) in [6.45, 7) is 0.770. The van der Waals surface area contributed by atoms with Gasteiger partial charge in [-0.3, -0.25) is 4.98 Å². The Balaban J connectivity index is 1.56. The highest BCUT2D eigenvalue weighted by Gasteiger charge is 2.36. The van der Waals surface area contributed by atoms with Crippen molar-refractivity contribution in [1.82, 2.24) is 15.0 Å². The average Bonchev–Trinajstić information content (AvgIpc) is 3.42. The second-order valence-corrected chi connectivity index (χ2v) is 7.13. The molecule has 1 atom stereocenters. The van der Waals surface area contributed by atoms with Gasteiger partial charge in [-0.2, -0.15) is 13.2 Å². The van der Waals surface area contributed by atoms with E-state index in [1.807, 2.05) is 23.1 Å². The van der Waals surface area contributed by atoms with Crippen LogP contribution in [0, 0.1) is 0 Å². The average molecular weight is 414 g/mol. The first-order valence-corrected chi connectivity index (χ1v) is 9.52. The molecule has 3 aromatic rings. The summed E-state index contributed by atoms with van der Waals surface area (Å²) in [4.78, 5) is 14.1. The normalized spacial score (nSPS) is 18.1. The summed E-state index contributed by atoms with van der Waals surface area (Å²) in [5.74, 6) is 1.60. The number of anilines is 1. The molecule has 2 aromatic heterocycles. The number of benzene rings is 1. The SMILES string of the molecule is FC(F)(F)c1cc(N2CCCC2c2ccc3c(c2)OCO3)nc(-c2ccncc2)n1. The third kappa shape index (κ3) is 3.40. The molecule has 5 rings (SSSR count). The Kier molecular flexibility index (Phi) is 4.45. The largest absolute Gasteiger partial charge is 0.454 e. The fourth-order valence-electron chi connectivity index (χ4n) is 3.86. The molecule has 1 fully saturated rings. The summed E-state index contributed by atoms with van der Waals surface area (Å²) in [5, 5.41) is 0. The van der Waals surface area contributed by atoms with Crippen molar-refractivity contribution >= 4 is 5.82 Å². The fourth-order valence-corrected chi connectivity index (χ4v) is 3.86. The number of alkyl halides is 3. The molecule has 0 N–H and O–H groups in total. The van der Waals surface area contributed by atoms with Gasteiger partial charge in [-0.15, -0.1) is 0 Å². The van der Waals surface area contributed by atoms with Crippen LogP contribution in [0.5, 0.6) is 11.5 Å². The molecule has 1 aromatic carbocycles. The number of fused-ring (bicyclic) bond motifs is 1. The molecule has 2 aliphatic rings. The van der Waals surface area contributed by atoms with E-state index < -0.39 is 11.9 Å². The lowest BCUT2D eigenvalue weighted by atomic mass is 10.0. The van der Waals surface area contributed by atoms with Gasteiger partial charge in [-0.25, -0.2) is 9.97 Å². The highest BCUT2D eigenvalue weighted by molar-refractivity contribution is 5.58. The van der Waals surface area contributed by atoms with Gasteiger partial charge in [0.25, 0.3) is 0 Å². The van der Waals surface area contributed by atoms with E-state index in [1.54, 1.807) is 12.1 Å². The fraction of sp³-hybridized carbons (Fsp3) is 0.286. The number of hydrogen-bond donors (Lipinski definition) is 0. The van der Waals surface area contributed by atoms with E-state index in [2.05, 4.69) is 15.0 Å². The minimum absolute atomic E-state index is 0.0264. The zero-order valence-electron chi connectivity index (χ0n) is 15.8. The van der Waals surface area contributed by atoms with Gasteiger partial charge < -0.3 is 14.4 Å². The molecule has 0 amide bonds. The van der Waals surface area contributed by atoms with Crippen LogP contribution in [0.3, 0.4) is 0 Å². The zero-order valence-corrected chi connectivity index (χ0v) is 15.8. The Hall–Kier alpha value is -3.36. The van der Waals surface area contributed by atoms with Crippen molar-refractivity contribution in [3.8, 4) is 22.9 Å². The highest BCUT2D eigenvalue weighted by Crippen LogP contribution is 2.41. The van der Waals surface area contributed by atoms with Crippen molar-refractivity contribution in [1.29, 1.82) is 0 Å². The van der Waals surface area contributed by atoms with Crippen LogP contribution in [0.15, 0.2) is 48.8 Å². The number of rotatable bonds is 3. The molecule has 9 heteroatoms. The maximum atomic E-state index is 13.6. The van der Waals surface area contributed by atoms with E-state index in [0.29, 0.717) is 23.6 Å². The molecule has 6 nitrogen and oxygen atoms in total. The smallest absolute Gasteiger partial charge is 0.433 e. The van der Waals surface area contributed by atoms with Crippen LogP contribution >= 0.6 is 0 Å². The topological polar surface area (TPSA) is 60.4 Å². The van der Waals surface area contributed by atoms with Crippen LogP contribution in [0.25, 0.3) is 11.4 Å². The molecule has 0 saturated carbocycles. The van der Waals surface area contributed by atoms with Gasteiger partial charge in [0.15, 0.2) is 23.0 Å². The molecular formula is C21H17F3N4O2. The molecule has 1 saturated heterocycles. The molecule has 0 bridgehead atoms. The van der Waals surface area contributed by atoms with Crippen LogP contribution in [-0.4, -0.2) is 28.3 Å². The van der Waals surface area contributed by atoms with Crippen LogP contribution in [0.4, 0.5) is 19.0 Å². The van der Waals surface area contributed by atoms with Gasteiger partial charge in [0, 0.05) is 30.6 Å². The molecule has 0 radical (unpaired) electrons. The molecule has 0 spiro atoms. The van der Waals surface area contributed by atoms with Gasteiger partial charge in [0.05, 0.1) is 6.04 Å². The summed E-state index contributed by atoms with van der Waals surface area (Å²) in [7, 11) is 0. The minimum Gasteiger partial charge on any atom is -0.454 e. The first-order chi connectivity index (χ1) is 14.5.